The molecule has 1 aromatic heterocycles. The zero-order valence-corrected chi connectivity index (χ0v) is 20.8. The van der Waals surface area contributed by atoms with Crippen molar-refractivity contribution in [2.75, 3.05) is 31.5 Å². The molecule has 1 saturated carbocycles. The summed E-state index contributed by atoms with van der Waals surface area (Å²) in [6.45, 7) is 1.98. The van der Waals surface area contributed by atoms with E-state index in [1.807, 2.05) is 11.6 Å². The number of carbonyl (C=O) groups excluding carboxylic acids is 1. The highest BCUT2D eigenvalue weighted by molar-refractivity contribution is 8.13. The molecule has 1 aliphatic carbocycles. The Labute approximate surface area is 216 Å². The van der Waals surface area contributed by atoms with Crippen molar-refractivity contribution in [2.45, 2.75) is 54.8 Å². The van der Waals surface area contributed by atoms with Gasteiger partial charge in [0.05, 0.1) is 46.6 Å². The summed E-state index contributed by atoms with van der Waals surface area (Å²) < 4.78 is 39.6. The quantitative estimate of drug-likeness (QED) is 0.524. The van der Waals surface area contributed by atoms with E-state index in [1.54, 1.807) is 11.8 Å². The first kappa shape index (κ1) is 25.8. The zero-order chi connectivity index (χ0) is 26.2. The number of aromatic nitrogens is 1. The number of hydrogen-bond donors (Lipinski definition) is 3. The second-order valence-corrected chi connectivity index (χ2v) is 11.0. The summed E-state index contributed by atoms with van der Waals surface area (Å²) in [7, 11) is 0. The van der Waals surface area contributed by atoms with Gasteiger partial charge < -0.3 is 15.7 Å². The van der Waals surface area contributed by atoms with Crippen LogP contribution in [0.15, 0.2) is 29.3 Å². The highest BCUT2D eigenvalue weighted by Gasteiger charge is 2.44. The van der Waals surface area contributed by atoms with E-state index in [2.05, 4.69) is 25.5 Å². The van der Waals surface area contributed by atoms with E-state index in [0.717, 1.165) is 50.9 Å². The van der Waals surface area contributed by atoms with Gasteiger partial charge in [-0.15, -0.1) is 11.8 Å². The van der Waals surface area contributed by atoms with Crippen LogP contribution in [-0.4, -0.2) is 75.6 Å². The summed E-state index contributed by atoms with van der Waals surface area (Å²) >= 11 is 1.61. The van der Waals surface area contributed by atoms with Crippen molar-refractivity contribution in [3.63, 3.8) is 0 Å². The Balaban J connectivity index is 1.12. The van der Waals surface area contributed by atoms with Crippen LogP contribution in [0.1, 0.15) is 36.9 Å². The molecule has 3 N–H and O–H groups in total. The van der Waals surface area contributed by atoms with Crippen molar-refractivity contribution in [2.24, 2.45) is 4.99 Å². The summed E-state index contributed by atoms with van der Waals surface area (Å²) in [4.78, 5) is 23.2. The fourth-order valence-electron chi connectivity index (χ4n) is 5.35. The van der Waals surface area contributed by atoms with Gasteiger partial charge in [0.2, 0.25) is 5.91 Å². The Morgan fingerprint density at radius 2 is 2.03 bits per heavy atom. The highest BCUT2D eigenvalue weighted by atomic mass is 32.2. The van der Waals surface area contributed by atoms with E-state index in [0.29, 0.717) is 12.6 Å². The normalized spacial score (nSPS) is 26.6. The van der Waals surface area contributed by atoms with Crippen LogP contribution in [0, 0.1) is 11.3 Å². The van der Waals surface area contributed by atoms with Crippen LogP contribution in [0.25, 0.3) is 10.9 Å². The van der Waals surface area contributed by atoms with E-state index >= 15 is 0 Å². The molecule has 1 aromatic carbocycles. The maximum Gasteiger partial charge on any atom is 0.416 e. The lowest BCUT2D eigenvalue weighted by Gasteiger charge is -2.49. The number of amides is 1. The molecular formula is C25H27F3N6O2S. The SMILES string of the molecule is N#Cc1cc(NCC(=O)NC2CN([C@H]3CC[C@@](O)(C4CN=CS4)CC3)C2)c2cc(C(F)(F)F)ccc2n1. The molecule has 5 rings (SSSR count). The number of fused-ring (bicyclic) bond motifs is 1. The smallest absolute Gasteiger partial charge is 0.389 e. The predicted octanol–water partition coefficient (Wildman–Crippen LogP) is 3.15. The topological polar surface area (TPSA) is 114 Å². The molecule has 12 heteroatoms. The van der Waals surface area contributed by atoms with Gasteiger partial charge in [0, 0.05) is 30.2 Å². The second kappa shape index (κ2) is 10.1. The van der Waals surface area contributed by atoms with Crippen molar-refractivity contribution >= 4 is 39.8 Å². The number of anilines is 1. The molecule has 3 heterocycles. The first-order chi connectivity index (χ1) is 17.6. The summed E-state index contributed by atoms with van der Waals surface area (Å²) in [5, 5.41) is 26.4. The van der Waals surface area contributed by atoms with E-state index in [4.69, 9.17) is 0 Å². The molecule has 3 aliphatic rings. The molecule has 0 bridgehead atoms. The summed E-state index contributed by atoms with van der Waals surface area (Å²) in [5.41, 5.74) is 0.867. The molecule has 2 aliphatic heterocycles. The van der Waals surface area contributed by atoms with Crippen LogP contribution in [0.2, 0.25) is 0 Å². The van der Waals surface area contributed by atoms with Gasteiger partial charge in [-0.25, -0.2) is 4.98 Å². The number of benzene rings is 1. The third kappa shape index (κ3) is 5.54. The molecule has 2 aromatic rings. The second-order valence-electron chi connectivity index (χ2n) is 9.90. The molecule has 1 atom stereocenters. The minimum Gasteiger partial charge on any atom is -0.389 e. The fraction of sp³-hybridized carbons (Fsp3) is 0.520. The number of rotatable bonds is 6. The minimum absolute atomic E-state index is 0.00502. The summed E-state index contributed by atoms with van der Waals surface area (Å²) in [6, 6.07) is 6.74. The van der Waals surface area contributed by atoms with E-state index < -0.39 is 17.3 Å². The van der Waals surface area contributed by atoms with Crippen LogP contribution in [-0.2, 0) is 11.0 Å². The van der Waals surface area contributed by atoms with Gasteiger partial charge in [-0.05, 0) is 49.9 Å². The molecule has 1 unspecified atom stereocenters. The zero-order valence-electron chi connectivity index (χ0n) is 20.0. The van der Waals surface area contributed by atoms with Crippen molar-refractivity contribution in [1.29, 1.82) is 5.26 Å². The van der Waals surface area contributed by atoms with Gasteiger partial charge in [0.1, 0.15) is 11.8 Å². The van der Waals surface area contributed by atoms with Crippen molar-refractivity contribution < 1.29 is 23.1 Å². The number of carbonyl (C=O) groups is 1. The predicted molar refractivity (Wildman–Crippen MR) is 135 cm³/mol. The van der Waals surface area contributed by atoms with Gasteiger partial charge >= 0.3 is 6.18 Å². The van der Waals surface area contributed by atoms with Gasteiger partial charge in [-0.2, -0.15) is 18.4 Å². The number of alkyl halides is 3. The van der Waals surface area contributed by atoms with Crippen molar-refractivity contribution in [3.05, 3.63) is 35.5 Å². The Morgan fingerprint density at radius 1 is 1.27 bits per heavy atom. The minimum atomic E-state index is -4.52. The third-order valence-electron chi connectivity index (χ3n) is 7.47. The number of likely N-dealkylation sites (tertiary alicyclic amines) is 1. The first-order valence-electron chi connectivity index (χ1n) is 12.2. The number of thioether (sulfide) groups is 1. The lowest BCUT2D eigenvalue weighted by atomic mass is 9.78. The Bertz CT molecular complexity index is 1240. The number of nitrogens with one attached hydrogen (secondary N) is 2. The third-order valence-corrected chi connectivity index (χ3v) is 8.66. The maximum atomic E-state index is 13.2. The van der Waals surface area contributed by atoms with Crippen LogP contribution in [0.4, 0.5) is 18.9 Å². The monoisotopic (exact) mass is 532 g/mol. The molecule has 0 spiro atoms. The highest BCUT2D eigenvalue weighted by Crippen LogP contribution is 2.40. The van der Waals surface area contributed by atoms with Crippen LogP contribution >= 0.6 is 11.8 Å². The molecule has 196 valence electrons. The standard InChI is InChI=1S/C25H27F3N6O2S/c26-25(27,28)15-1-2-20-19(7-15)21(8-16(9-29)32-20)31-11-23(35)33-17-12-34(13-17)18-3-5-24(36,6-4-18)22-10-30-14-37-22/h1-2,7-8,14,17-18,22,36H,3-6,10-13H2,(H,31,32)(H,33,35)/t18-,22?,24-. The molecule has 2 fully saturated rings. The molecular weight excluding hydrogens is 505 g/mol. The number of pyridine rings is 1. The number of aliphatic imine (C=N–C) groups is 1. The van der Waals surface area contributed by atoms with Crippen molar-refractivity contribution in [3.8, 4) is 6.07 Å². The molecule has 8 nitrogen and oxygen atoms in total. The molecule has 37 heavy (non-hydrogen) atoms. The number of nitriles is 1. The van der Waals surface area contributed by atoms with Crippen molar-refractivity contribution in [1.82, 2.24) is 15.2 Å². The van der Waals surface area contributed by atoms with E-state index in [9.17, 15) is 28.3 Å². The Kier molecular flexibility index (Phi) is 7.04. The lowest BCUT2D eigenvalue weighted by molar-refractivity contribution is -0.137. The summed E-state index contributed by atoms with van der Waals surface area (Å²) in [6.07, 6.45) is -1.21. The molecule has 0 radical (unpaired) electrons. The van der Waals surface area contributed by atoms with E-state index in [-0.39, 0.29) is 46.0 Å². The number of hydrogen-bond acceptors (Lipinski definition) is 8. The fourth-order valence-corrected chi connectivity index (χ4v) is 6.33. The summed E-state index contributed by atoms with van der Waals surface area (Å²) in [5.74, 6) is -0.281. The number of halogens is 3. The van der Waals surface area contributed by atoms with Gasteiger partial charge in [-0.1, -0.05) is 0 Å². The Morgan fingerprint density at radius 3 is 2.68 bits per heavy atom. The lowest BCUT2D eigenvalue weighted by Crippen LogP contribution is -2.63. The number of aliphatic hydroxyl groups is 1. The van der Waals surface area contributed by atoms with Crippen LogP contribution < -0.4 is 10.6 Å². The average molecular weight is 533 g/mol. The largest absolute Gasteiger partial charge is 0.416 e. The maximum absolute atomic E-state index is 13.2. The van der Waals surface area contributed by atoms with E-state index in [1.165, 1.54) is 12.1 Å². The number of nitrogens with zero attached hydrogens (tertiary/aromatic N) is 4. The van der Waals surface area contributed by atoms with Crippen LogP contribution in [0.3, 0.4) is 0 Å². The van der Waals surface area contributed by atoms with Gasteiger partial charge in [0.15, 0.2) is 0 Å². The molecule has 1 saturated heterocycles. The Hall–Kier alpha value is -2.88. The molecule has 1 amide bonds. The van der Waals surface area contributed by atoms with Gasteiger partial charge in [-0.3, -0.25) is 14.7 Å². The van der Waals surface area contributed by atoms with Crippen LogP contribution in [0.5, 0.6) is 0 Å². The van der Waals surface area contributed by atoms with Gasteiger partial charge in [0.25, 0.3) is 0 Å². The average Bonchev–Trinajstić information content (AvgIpc) is 3.40. The first-order valence-corrected chi connectivity index (χ1v) is 13.1.